The van der Waals surface area contributed by atoms with Crippen LogP contribution in [0.25, 0.3) is 0 Å². The summed E-state index contributed by atoms with van der Waals surface area (Å²) in [6.45, 7) is 4.06. The van der Waals surface area contributed by atoms with Crippen LogP contribution in [0.4, 0.5) is 4.39 Å². The topological polar surface area (TPSA) is 49.4 Å². The molecular formula is C12H18BrFN2O2S. The summed E-state index contributed by atoms with van der Waals surface area (Å²) in [6.07, 6.45) is 0. The van der Waals surface area contributed by atoms with E-state index in [0.717, 1.165) is 6.07 Å². The Morgan fingerprint density at radius 2 is 1.95 bits per heavy atom. The monoisotopic (exact) mass is 352 g/mol. The van der Waals surface area contributed by atoms with Gasteiger partial charge in [0.15, 0.2) is 0 Å². The fraction of sp³-hybridized carbons (Fsp3) is 0.500. The molecular weight excluding hydrogens is 335 g/mol. The number of nitrogens with zero attached hydrogens (tertiary/aromatic N) is 1. The molecule has 0 aliphatic rings. The zero-order valence-corrected chi connectivity index (χ0v) is 13.8. The minimum absolute atomic E-state index is 0.0808. The van der Waals surface area contributed by atoms with Crippen molar-refractivity contribution < 1.29 is 12.8 Å². The summed E-state index contributed by atoms with van der Waals surface area (Å²) in [4.78, 5) is 1.83. The summed E-state index contributed by atoms with van der Waals surface area (Å²) >= 11 is 2.99. The van der Waals surface area contributed by atoms with E-state index in [4.69, 9.17) is 0 Å². The van der Waals surface area contributed by atoms with E-state index >= 15 is 0 Å². The largest absolute Gasteiger partial charge is 0.303 e. The molecule has 0 aromatic heterocycles. The molecule has 0 unspecified atom stereocenters. The molecule has 1 rings (SSSR count). The fourth-order valence-corrected chi connectivity index (χ4v) is 2.62. The van der Waals surface area contributed by atoms with Gasteiger partial charge in [-0.25, -0.2) is 17.5 Å². The van der Waals surface area contributed by atoms with E-state index in [9.17, 15) is 12.8 Å². The molecule has 0 amide bonds. The third kappa shape index (κ3) is 4.24. The smallest absolute Gasteiger partial charge is 0.240 e. The van der Waals surface area contributed by atoms with Gasteiger partial charge in [0.1, 0.15) is 5.82 Å². The molecule has 1 aromatic carbocycles. The molecule has 4 nitrogen and oxygen atoms in total. The molecule has 0 saturated heterocycles. The van der Waals surface area contributed by atoms with Crippen LogP contribution in [0.2, 0.25) is 0 Å². The van der Waals surface area contributed by atoms with E-state index in [0.29, 0.717) is 0 Å². The number of rotatable bonds is 5. The highest BCUT2D eigenvalue weighted by atomic mass is 79.9. The van der Waals surface area contributed by atoms with Crippen molar-refractivity contribution in [3.05, 3.63) is 28.5 Å². The Kier molecular flexibility index (Phi) is 5.11. The predicted octanol–water partition coefficient (Wildman–Crippen LogP) is 2.21. The van der Waals surface area contributed by atoms with Crippen LogP contribution in [0, 0.1) is 5.82 Å². The van der Waals surface area contributed by atoms with Crippen LogP contribution in [-0.4, -0.2) is 39.5 Å². The molecule has 0 aliphatic heterocycles. The second-order valence-corrected chi connectivity index (χ2v) is 7.73. The summed E-state index contributed by atoms with van der Waals surface area (Å²) in [6, 6.07) is 3.73. The summed E-state index contributed by atoms with van der Waals surface area (Å²) < 4.78 is 40.2. The number of hydrogen-bond donors (Lipinski definition) is 1. The van der Waals surface area contributed by atoms with Crippen molar-refractivity contribution in [1.29, 1.82) is 0 Å². The van der Waals surface area contributed by atoms with Crippen LogP contribution in [0.5, 0.6) is 0 Å². The van der Waals surface area contributed by atoms with Gasteiger partial charge in [0.05, 0.1) is 9.37 Å². The van der Waals surface area contributed by atoms with Crippen molar-refractivity contribution in [2.24, 2.45) is 0 Å². The van der Waals surface area contributed by atoms with Crippen molar-refractivity contribution in [2.75, 3.05) is 20.6 Å². The van der Waals surface area contributed by atoms with Gasteiger partial charge in [-0.2, -0.15) is 0 Å². The van der Waals surface area contributed by atoms with Gasteiger partial charge >= 0.3 is 0 Å². The Morgan fingerprint density at radius 1 is 1.37 bits per heavy atom. The lowest BCUT2D eigenvalue weighted by molar-refractivity contribution is 0.199. The Morgan fingerprint density at radius 3 is 2.42 bits per heavy atom. The molecule has 0 atom stereocenters. The third-order valence-electron chi connectivity index (χ3n) is 3.11. The second kappa shape index (κ2) is 5.87. The number of halogens is 2. The summed E-state index contributed by atoms with van der Waals surface area (Å²) in [7, 11) is 0.0335. The summed E-state index contributed by atoms with van der Waals surface area (Å²) in [5.41, 5.74) is -0.332. The maximum atomic E-state index is 13.4. The van der Waals surface area contributed by atoms with Crippen LogP contribution in [0.3, 0.4) is 0 Å². The van der Waals surface area contributed by atoms with Gasteiger partial charge in [0.25, 0.3) is 0 Å². The van der Waals surface area contributed by atoms with Crippen LogP contribution in [0.15, 0.2) is 27.6 Å². The maximum absolute atomic E-state index is 13.4. The van der Waals surface area contributed by atoms with Crippen LogP contribution >= 0.6 is 15.9 Å². The molecule has 0 heterocycles. The highest BCUT2D eigenvalue weighted by Crippen LogP contribution is 2.19. The van der Waals surface area contributed by atoms with Crippen molar-refractivity contribution in [2.45, 2.75) is 24.3 Å². The number of nitrogens with one attached hydrogen (secondary N) is 1. The van der Waals surface area contributed by atoms with Crippen LogP contribution in [0.1, 0.15) is 13.8 Å². The van der Waals surface area contributed by atoms with Gasteiger partial charge in [-0.15, -0.1) is 0 Å². The highest BCUT2D eigenvalue weighted by Gasteiger charge is 2.24. The Hall–Kier alpha value is -0.500. The number of benzene rings is 1. The highest BCUT2D eigenvalue weighted by molar-refractivity contribution is 9.10. The SMILES string of the molecule is CN(C)C(C)(C)CNS(=O)(=O)c1ccc(Br)c(F)c1. The van der Waals surface area contributed by atoms with Crippen LogP contribution < -0.4 is 4.72 Å². The first-order valence-corrected chi connectivity index (χ1v) is 7.96. The van der Waals surface area contributed by atoms with Gasteiger partial charge in [0.2, 0.25) is 10.0 Å². The van der Waals surface area contributed by atoms with E-state index in [1.54, 1.807) is 0 Å². The molecule has 7 heteroatoms. The Labute approximate surface area is 122 Å². The van der Waals surface area contributed by atoms with Gasteiger partial charge < -0.3 is 4.90 Å². The summed E-state index contributed by atoms with van der Waals surface area (Å²) in [5, 5.41) is 0. The van der Waals surface area contributed by atoms with E-state index in [1.165, 1.54) is 12.1 Å². The second-order valence-electron chi connectivity index (χ2n) is 5.11. The molecule has 0 radical (unpaired) electrons. The quantitative estimate of drug-likeness (QED) is 0.883. The molecule has 0 spiro atoms. The van der Waals surface area contributed by atoms with Gasteiger partial charge in [0, 0.05) is 12.1 Å². The number of likely N-dealkylation sites (N-methyl/N-ethyl adjacent to an activating group) is 1. The van der Waals surface area contributed by atoms with Gasteiger partial charge in [-0.05, 0) is 62.1 Å². The number of hydrogen-bond acceptors (Lipinski definition) is 3. The van der Waals surface area contributed by atoms with Crippen molar-refractivity contribution in [1.82, 2.24) is 9.62 Å². The molecule has 0 aliphatic carbocycles. The van der Waals surface area contributed by atoms with E-state index in [-0.39, 0.29) is 21.5 Å². The van der Waals surface area contributed by atoms with Crippen molar-refractivity contribution in [3.8, 4) is 0 Å². The number of sulfonamides is 1. The molecule has 0 saturated carbocycles. The Bertz CT molecular complexity index is 559. The van der Waals surface area contributed by atoms with Crippen LogP contribution in [-0.2, 0) is 10.0 Å². The first kappa shape index (κ1) is 16.6. The maximum Gasteiger partial charge on any atom is 0.240 e. The predicted molar refractivity (Wildman–Crippen MR) is 77.1 cm³/mol. The first-order valence-electron chi connectivity index (χ1n) is 5.68. The molecule has 0 fully saturated rings. The zero-order valence-electron chi connectivity index (χ0n) is 11.4. The van der Waals surface area contributed by atoms with E-state index in [1.807, 2.05) is 32.8 Å². The third-order valence-corrected chi connectivity index (χ3v) is 5.15. The summed E-state index contributed by atoms with van der Waals surface area (Å²) in [5.74, 6) is -0.602. The average Bonchev–Trinajstić information content (AvgIpc) is 2.30. The zero-order chi connectivity index (χ0) is 14.8. The molecule has 108 valence electrons. The minimum atomic E-state index is -3.70. The Balaban J connectivity index is 2.90. The van der Waals surface area contributed by atoms with Gasteiger partial charge in [-0.3, -0.25) is 0 Å². The fourth-order valence-electron chi connectivity index (χ4n) is 1.16. The van der Waals surface area contributed by atoms with E-state index < -0.39 is 15.8 Å². The van der Waals surface area contributed by atoms with Crippen molar-refractivity contribution >= 4 is 26.0 Å². The first-order chi connectivity index (χ1) is 8.56. The van der Waals surface area contributed by atoms with E-state index in [2.05, 4.69) is 20.7 Å². The average molecular weight is 353 g/mol. The molecule has 19 heavy (non-hydrogen) atoms. The lowest BCUT2D eigenvalue weighted by Gasteiger charge is -2.32. The standard InChI is InChI=1S/C12H18BrFN2O2S/c1-12(2,16(3)4)8-15-19(17,18)9-5-6-10(13)11(14)7-9/h5-7,15H,8H2,1-4H3. The lowest BCUT2D eigenvalue weighted by Crippen LogP contribution is -2.48. The lowest BCUT2D eigenvalue weighted by atomic mass is 10.1. The van der Waals surface area contributed by atoms with Crippen molar-refractivity contribution in [3.63, 3.8) is 0 Å². The molecule has 1 N–H and O–H groups in total. The normalized spacial score (nSPS) is 13.0. The minimum Gasteiger partial charge on any atom is -0.303 e. The van der Waals surface area contributed by atoms with Gasteiger partial charge in [-0.1, -0.05) is 0 Å². The molecule has 1 aromatic rings. The molecule has 0 bridgehead atoms.